The van der Waals surface area contributed by atoms with Crippen molar-refractivity contribution < 1.29 is 18.0 Å². The van der Waals surface area contributed by atoms with E-state index in [0.29, 0.717) is 5.39 Å². The highest BCUT2D eigenvalue weighted by atomic mass is 19.4. The van der Waals surface area contributed by atoms with Crippen LogP contribution in [0.4, 0.5) is 18.9 Å². The lowest BCUT2D eigenvalue weighted by Gasteiger charge is -2.14. The Morgan fingerprint density at radius 2 is 1.97 bits per heavy atom. The summed E-state index contributed by atoms with van der Waals surface area (Å²) >= 11 is 0. The second-order valence-electron chi connectivity index (χ2n) is 6.81. The highest BCUT2D eigenvalue weighted by molar-refractivity contribution is 6.05. The number of aromatic nitrogens is 3. The van der Waals surface area contributed by atoms with Gasteiger partial charge in [0.15, 0.2) is 5.69 Å². The zero-order valence-corrected chi connectivity index (χ0v) is 16.1. The van der Waals surface area contributed by atoms with Crippen molar-refractivity contribution in [2.75, 3.05) is 5.32 Å². The number of rotatable bonds is 3. The zero-order chi connectivity index (χ0) is 22.2. The first-order chi connectivity index (χ1) is 14.8. The van der Waals surface area contributed by atoms with Crippen LogP contribution in [0.1, 0.15) is 27.3 Å². The van der Waals surface area contributed by atoms with Crippen LogP contribution in [0.3, 0.4) is 0 Å². The van der Waals surface area contributed by atoms with Gasteiger partial charge in [-0.2, -0.15) is 23.5 Å². The first-order valence-electron chi connectivity index (χ1n) is 9.10. The van der Waals surface area contributed by atoms with E-state index in [1.54, 1.807) is 30.3 Å². The van der Waals surface area contributed by atoms with Gasteiger partial charge in [0.25, 0.3) is 5.91 Å². The van der Waals surface area contributed by atoms with Gasteiger partial charge >= 0.3 is 6.18 Å². The molecule has 4 rings (SSSR count). The number of benzene rings is 2. The molecule has 2 aromatic heterocycles. The van der Waals surface area contributed by atoms with E-state index in [0.717, 1.165) is 21.8 Å². The fourth-order valence-corrected chi connectivity index (χ4v) is 3.31. The number of pyridine rings is 1. The molecule has 0 aliphatic rings. The number of aryl methyl sites for hydroxylation is 1. The molecule has 0 unspecified atom stereocenters. The average Bonchev–Trinajstić information content (AvgIpc) is 3.19. The molecule has 31 heavy (non-hydrogen) atoms. The summed E-state index contributed by atoms with van der Waals surface area (Å²) < 4.78 is 42.8. The number of halogens is 3. The molecule has 154 valence electrons. The van der Waals surface area contributed by atoms with Crippen molar-refractivity contribution in [3.63, 3.8) is 0 Å². The van der Waals surface area contributed by atoms with Crippen LogP contribution in [0.15, 0.2) is 60.9 Å². The molecule has 2 aromatic carbocycles. The van der Waals surface area contributed by atoms with Crippen molar-refractivity contribution in [1.82, 2.24) is 14.8 Å². The number of anilines is 1. The topological polar surface area (TPSA) is 83.6 Å². The SMILES string of the molecule is Cc1ccc2c(-n3ncc(C(=O)Nc4ccnc(C#N)c4)c3C(F)(F)F)cccc2c1. The summed E-state index contributed by atoms with van der Waals surface area (Å²) in [6, 6.07) is 14.8. The predicted molar refractivity (Wildman–Crippen MR) is 108 cm³/mol. The fraction of sp³-hybridized carbons (Fsp3) is 0.0909. The van der Waals surface area contributed by atoms with Crippen LogP contribution in [0, 0.1) is 18.3 Å². The Kier molecular flexibility index (Phi) is 4.91. The number of hydrogen-bond acceptors (Lipinski definition) is 4. The van der Waals surface area contributed by atoms with Crippen molar-refractivity contribution >= 4 is 22.4 Å². The van der Waals surface area contributed by atoms with Gasteiger partial charge < -0.3 is 5.32 Å². The van der Waals surface area contributed by atoms with Crippen molar-refractivity contribution in [1.29, 1.82) is 5.26 Å². The highest BCUT2D eigenvalue weighted by Crippen LogP contribution is 2.35. The fourth-order valence-electron chi connectivity index (χ4n) is 3.31. The lowest BCUT2D eigenvalue weighted by Crippen LogP contribution is -2.21. The molecule has 1 amide bonds. The first-order valence-corrected chi connectivity index (χ1v) is 9.10. The minimum absolute atomic E-state index is 0.0237. The number of nitrogens with one attached hydrogen (secondary N) is 1. The van der Waals surface area contributed by atoms with Crippen LogP contribution in [0.25, 0.3) is 16.5 Å². The molecule has 6 nitrogen and oxygen atoms in total. The molecule has 0 fully saturated rings. The quantitative estimate of drug-likeness (QED) is 0.512. The standard InChI is InChI=1S/C22H14F3N5O/c1-13-5-6-17-14(9-13)3-2-4-19(17)30-20(22(23,24)25)18(12-28-30)21(31)29-15-7-8-27-16(10-15)11-26/h2-10,12H,1H3,(H,27,29,31). The van der Waals surface area contributed by atoms with Crippen LogP contribution in [0.5, 0.6) is 0 Å². The van der Waals surface area contributed by atoms with Crippen LogP contribution < -0.4 is 5.32 Å². The molecule has 0 aliphatic heterocycles. The third-order valence-electron chi connectivity index (χ3n) is 4.66. The summed E-state index contributed by atoms with van der Waals surface area (Å²) in [6.45, 7) is 1.89. The largest absolute Gasteiger partial charge is 0.434 e. The van der Waals surface area contributed by atoms with Gasteiger partial charge in [-0.1, -0.05) is 35.9 Å². The molecular formula is C22H14F3N5O. The Hall–Kier alpha value is -4.19. The lowest BCUT2D eigenvalue weighted by molar-refractivity contribution is -0.143. The molecule has 0 saturated carbocycles. The molecule has 2 heterocycles. The number of alkyl halides is 3. The van der Waals surface area contributed by atoms with Crippen LogP contribution in [0.2, 0.25) is 0 Å². The van der Waals surface area contributed by atoms with E-state index in [9.17, 15) is 18.0 Å². The maximum absolute atomic E-state index is 14.0. The van der Waals surface area contributed by atoms with Gasteiger partial charge in [-0.15, -0.1) is 0 Å². The highest BCUT2D eigenvalue weighted by Gasteiger charge is 2.40. The van der Waals surface area contributed by atoms with E-state index in [4.69, 9.17) is 5.26 Å². The Balaban J connectivity index is 1.82. The number of hydrogen-bond donors (Lipinski definition) is 1. The van der Waals surface area contributed by atoms with Gasteiger partial charge in [0.1, 0.15) is 11.8 Å². The number of carbonyl (C=O) groups is 1. The Morgan fingerprint density at radius 3 is 2.71 bits per heavy atom. The Bertz CT molecular complexity index is 1350. The van der Waals surface area contributed by atoms with Crippen LogP contribution in [-0.4, -0.2) is 20.7 Å². The maximum Gasteiger partial charge on any atom is 0.434 e. The maximum atomic E-state index is 14.0. The molecular weight excluding hydrogens is 407 g/mol. The van der Waals surface area contributed by atoms with Gasteiger partial charge in [-0.3, -0.25) is 4.79 Å². The van der Waals surface area contributed by atoms with E-state index in [2.05, 4.69) is 15.4 Å². The van der Waals surface area contributed by atoms with E-state index < -0.39 is 23.3 Å². The minimum atomic E-state index is -4.84. The lowest BCUT2D eigenvalue weighted by atomic mass is 10.1. The normalized spacial score (nSPS) is 11.3. The van der Waals surface area contributed by atoms with Crippen molar-refractivity contribution in [2.24, 2.45) is 0 Å². The van der Waals surface area contributed by atoms with E-state index in [1.807, 2.05) is 13.0 Å². The third kappa shape index (κ3) is 3.83. The molecule has 0 aliphatic carbocycles. The molecule has 0 spiro atoms. The molecule has 0 radical (unpaired) electrons. The predicted octanol–water partition coefficient (Wildman–Crippen LogP) is 4.87. The van der Waals surface area contributed by atoms with Crippen molar-refractivity contribution in [3.05, 3.63) is 83.4 Å². The van der Waals surface area contributed by atoms with Crippen LogP contribution in [-0.2, 0) is 6.18 Å². The molecule has 1 N–H and O–H groups in total. The van der Waals surface area contributed by atoms with Crippen LogP contribution >= 0.6 is 0 Å². The molecule has 9 heteroatoms. The van der Waals surface area contributed by atoms with Gasteiger partial charge in [0.2, 0.25) is 0 Å². The summed E-state index contributed by atoms with van der Waals surface area (Å²) in [6.07, 6.45) is -2.68. The van der Waals surface area contributed by atoms with E-state index in [1.165, 1.54) is 24.4 Å². The number of fused-ring (bicyclic) bond motifs is 1. The number of nitriles is 1. The van der Waals surface area contributed by atoms with Gasteiger partial charge in [0, 0.05) is 17.3 Å². The molecule has 0 saturated heterocycles. The van der Waals surface area contributed by atoms with Gasteiger partial charge in [0.05, 0.1) is 17.4 Å². The Morgan fingerprint density at radius 1 is 1.16 bits per heavy atom. The van der Waals surface area contributed by atoms with E-state index in [-0.39, 0.29) is 17.1 Å². The first kappa shape index (κ1) is 20.1. The molecule has 0 bridgehead atoms. The summed E-state index contributed by atoms with van der Waals surface area (Å²) in [4.78, 5) is 16.4. The average molecular weight is 421 g/mol. The summed E-state index contributed by atoms with van der Waals surface area (Å²) in [7, 11) is 0. The number of carbonyl (C=O) groups excluding carboxylic acids is 1. The summed E-state index contributed by atoms with van der Waals surface area (Å²) in [5, 5.41) is 16.5. The Labute approximate surface area is 174 Å². The second-order valence-corrected chi connectivity index (χ2v) is 6.81. The zero-order valence-electron chi connectivity index (χ0n) is 16.1. The smallest absolute Gasteiger partial charge is 0.322 e. The third-order valence-corrected chi connectivity index (χ3v) is 4.66. The van der Waals surface area contributed by atoms with Crippen molar-refractivity contribution in [2.45, 2.75) is 13.1 Å². The summed E-state index contributed by atoms with van der Waals surface area (Å²) in [5.74, 6) is -0.996. The van der Waals surface area contributed by atoms with Crippen molar-refractivity contribution in [3.8, 4) is 11.8 Å². The summed E-state index contributed by atoms with van der Waals surface area (Å²) in [5.41, 5.74) is -0.469. The number of amides is 1. The second kappa shape index (κ2) is 7.57. The van der Waals surface area contributed by atoms with Gasteiger partial charge in [-0.25, -0.2) is 9.67 Å². The molecule has 4 aromatic rings. The number of nitrogens with zero attached hydrogens (tertiary/aromatic N) is 4. The molecule has 0 atom stereocenters. The minimum Gasteiger partial charge on any atom is -0.322 e. The van der Waals surface area contributed by atoms with E-state index >= 15 is 0 Å². The monoisotopic (exact) mass is 421 g/mol. The van der Waals surface area contributed by atoms with Gasteiger partial charge in [-0.05, 0) is 30.5 Å².